The third-order valence-electron chi connectivity index (χ3n) is 3.90. The van der Waals surface area contributed by atoms with Gasteiger partial charge in [0.25, 0.3) is 0 Å². The zero-order valence-corrected chi connectivity index (χ0v) is 13.3. The first-order valence-corrected chi connectivity index (χ1v) is 7.82. The van der Waals surface area contributed by atoms with Crippen LogP contribution in [-0.2, 0) is 0 Å². The van der Waals surface area contributed by atoms with E-state index in [1.54, 1.807) is 0 Å². The van der Waals surface area contributed by atoms with Crippen LogP contribution in [0, 0.1) is 6.92 Å². The molecule has 0 bridgehead atoms. The van der Waals surface area contributed by atoms with Crippen molar-refractivity contribution in [1.82, 2.24) is 14.6 Å². The van der Waals surface area contributed by atoms with Gasteiger partial charge in [-0.15, -0.1) is 10.2 Å². The first kappa shape index (κ1) is 14.3. The second kappa shape index (κ2) is 6.08. The molecule has 2 heterocycles. The minimum absolute atomic E-state index is 0.800. The molecular weight excluding hydrogens is 296 g/mol. The lowest BCUT2D eigenvalue weighted by Crippen LogP contribution is -2.02. The fourth-order valence-corrected chi connectivity index (χ4v) is 2.69. The summed E-state index contributed by atoms with van der Waals surface area (Å²) in [7, 11) is 0. The Kier molecular flexibility index (Phi) is 3.63. The first-order valence-electron chi connectivity index (χ1n) is 7.82. The normalized spacial score (nSPS) is 10.7. The molecule has 0 unspecified atom stereocenters. The number of benzene rings is 2. The molecule has 2 aromatic heterocycles. The van der Waals surface area contributed by atoms with Gasteiger partial charge in [0, 0.05) is 23.4 Å². The molecule has 0 aliphatic carbocycles. The summed E-state index contributed by atoms with van der Waals surface area (Å²) in [6, 6.07) is 24.4. The number of aliphatic imine (C=N–C) groups is 1. The predicted molar refractivity (Wildman–Crippen MR) is 95.9 cm³/mol. The quantitative estimate of drug-likeness (QED) is 0.532. The molecular formula is C20H16N4. The Bertz CT molecular complexity index is 960. The van der Waals surface area contributed by atoms with Gasteiger partial charge in [0.1, 0.15) is 5.82 Å². The van der Waals surface area contributed by atoms with Crippen LogP contribution < -0.4 is 0 Å². The molecule has 4 nitrogen and oxygen atoms in total. The van der Waals surface area contributed by atoms with Gasteiger partial charge in [-0.1, -0.05) is 60.7 Å². The Balaban J connectivity index is 1.86. The molecule has 0 amide bonds. The molecule has 0 spiro atoms. The van der Waals surface area contributed by atoms with Gasteiger partial charge in [-0.3, -0.25) is 4.40 Å². The summed E-state index contributed by atoms with van der Waals surface area (Å²) in [5, 5.41) is 8.27. The second-order valence-electron chi connectivity index (χ2n) is 5.55. The van der Waals surface area contributed by atoms with E-state index in [-0.39, 0.29) is 0 Å². The van der Waals surface area contributed by atoms with Crippen molar-refractivity contribution in [2.75, 3.05) is 0 Å². The molecule has 0 atom stereocenters. The Morgan fingerprint density at radius 2 is 1.46 bits per heavy atom. The van der Waals surface area contributed by atoms with Crippen LogP contribution in [-0.4, -0.2) is 20.3 Å². The van der Waals surface area contributed by atoms with Crippen molar-refractivity contribution in [3.8, 4) is 0 Å². The molecule has 24 heavy (non-hydrogen) atoms. The average molecular weight is 312 g/mol. The molecule has 0 fully saturated rings. The van der Waals surface area contributed by atoms with E-state index in [1.807, 2.05) is 66.1 Å². The molecule has 0 saturated heterocycles. The summed E-state index contributed by atoms with van der Waals surface area (Å²) >= 11 is 0. The second-order valence-corrected chi connectivity index (χ2v) is 5.55. The first-order chi connectivity index (χ1) is 11.8. The van der Waals surface area contributed by atoms with E-state index in [4.69, 9.17) is 4.99 Å². The van der Waals surface area contributed by atoms with Crippen molar-refractivity contribution in [2.24, 2.45) is 4.99 Å². The Labute approximate surface area is 140 Å². The lowest BCUT2D eigenvalue weighted by atomic mass is 10.0. The topological polar surface area (TPSA) is 42.5 Å². The smallest absolute Gasteiger partial charge is 0.162 e. The lowest BCUT2D eigenvalue weighted by molar-refractivity contribution is 1.01. The van der Waals surface area contributed by atoms with Gasteiger partial charge >= 0.3 is 0 Å². The predicted octanol–water partition coefficient (Wildman–Crippen LogP) is 4.21. The van der Waals surface area contributed by atoms with Crippen molar-refractivity contribution in [1.29, 1.82) is 0 Å². The Morgan fingerprint density at radius 3 is 2.08 bits per heavy atom. The van der Waals surface area contributed by atoms with Crippen molar-refractivity contribution in [2.45, 2.75) is 6.92 Å². The van der Waals surface area contributed by atoms with Gasteiger partial charge in [-0.2, -0.15) is 0 Å². The summed E-state index contributed by atoms with van der Waals surface area (Å²) in [6.45, 7) is 1.93. The van der Waals surface area contributed by atoms with Crippen molar-refractivity contribution >= 4 is 17.0 Å². The maximum absolute atomic E-state index is 4.89. The molecule has 116 valence electrons. The molecule has 2 aromatic carbocycles. The van der Waals surface area contributed by atoms with Gasteiger partial charge in [0.05, 0.1) is 11.4 Å². The van der Waals surface area contributed by atoms with Crippen LogP contribution in [0.3, 0.4) is 0 Å². The number of hydrogen-bond donors (Lipinski definition) is 0. The van der Waals surface area contributed by atoms with Gasteiger partial charge in [-0.25, -0.2) is 4.99 Å². The van der Waals surface area contributed by atoms with Crippen LogP contribution >= 0.6 is 0 Å². The zero-order valence-electron chi connectivity index (χ0n) is 13.3. The van der Waals surface area contributed by atoms with E-state index in [0.717, 1.165) is 34.0 Å². The monoisotopic (exact) mass is 312 g/mol. The molecule has 0 saturated carbocycles. The van der Waals surface area contributed by atoms with E-state index < -0.39 is 0 Å². The number of pyridine rings is 1. The summed E-state index contributed by atoms with van der Waals surface area (Å²) in [6.07, 6.45) is 1.96. The highest BCUT2D eigenvalue weighted by molar-refractivity contribution is 6.13. The third kappa shape index (κ3) is 2.70. The van der Waals surface area contributed by atoms with Crippen LogP contribution in [0.1, 0.15) is 17.0 Å². The van der Waals surface area contributed by atoms with Crippen molar-refractivity contribution in [3.05, 3.63) is 95.9 Å². The largest absolute Gasteiger partial charge is 0.287 e. The maximum Gasteiger partial charge on any atom is 0.162 e. The number of rotatable bonds is 3. The van der Waals surface area contributed by atoms with E-state index >= 15 is 0 Å². The Hall–Kier alpha value is -3.27. The number of aryl methyl sites for hydroxylation is 1. The van der Waals surface area contributed by atoms with E-state index in [1.165, 1.54) is 0 Å². The van der Waals surface area contributed by atoms with Crippen LogP contribution in [0.25, 0.3) is 5.65 Å². The molecule has 0 radical (unpaired) electrons. The minimum Gasteiger partial charge on any atom is -0.287 e. The van der Waals surface area contributed by atoms with E-state index in [2.05, 4.69) is 34.5 Å². The standard InChI is InChI=1S/C20H16N4/c1-15-22-23-19-14-18(12-13-24(15)19)21-20(16-8-4-2-5-9-16)17-10-6-3-7-11-17/h2-14H,1H3. The lowest BCUT2D eigenvalue weighted by Gasteiger charge is -2.08. The highest BCUT2D eigenvalue weighted by Gasteiger charge is 2.08. The van der Waals surface area contributed by atoms with E-state index in [9.17, 15) is 0 Å². The van der Waals surface area contributed by atoms with Crippen molar-refractivity contribution < 1.29 is 0 Å². The molecule has 0 aliphatic heterocycles. The third-order valence-corrected chi connectivity index (χ3v) is 3.90. The molecule has 4 heteroatoms. The fourth-order valence-electron chi connectivity index (χ4n) is 2.69. The summed E-state index contributed by atoms with van der Waals surface area (Å²) in [5.74, 6) is 0.867. The highest BCUT2D eigenvalue weighted by Crippen LogP contribution is 2.19. The highest BCUT2D eigenvalue weighted by atomic mass is 15.2. The molecule has 4 aromatic rings. The molecule has 4 rings (SSSR count). The number of aromatic nitrogens is 3. The Morgan fingerprint density at radius 1 is 0.833 bits per heavy atom. The summed E-state index contributed by atoms with van der Waals surface area (Å²) < 4.78 is 1.95. The molecule has 0 N–H and O–H groups in total. The van der Waals surface area contributed by atoms with Gasteiger partial charge in [0.2, 0.25) is 0 Å². The molecule has 0 aliphatic rings. The van der Waals surface area contributed by atoms with Crippen molar-refractivity contribution in [3.63, 3.8) is 0 Å². The van der Waals surface area contributed by atoms with Gasteiger partial charge < -0.3 is 0 Å². The van der Waals surface area contributed by atoms with Gasteiger partial charge in [-0.05, 0) is 13.0 Å². The van der Waals surface area contributed by atoms with Crippen LogP contribution in [0.5, 0.6) is 0 Å². The fraction of sp³-hybridized carbons (Fsp3) is 0.0500. The average Bonchev–Trinajstić information content (AvgIpc) is 3.02. The number of nitrogens with zero attached hydrogens (tertiary/aromatic N) is 4. The number of fused-ring (bicyclic) bond motifs is 1. The van der Waals surface area contributed by atoms with Gasteiger partial charge in [0.15, 0.2) is 5.65 Å². The minimum atomic E-state index is 0.800. The maximum atomic E-state index is 4.89. The van der Waals surface area contributed by atoms with Crippen LogP contribution in [0.15, 0.2) is 84.0 Å². The zero-order chi connectivity index (χ0) is 16.4. The number of hydrogen-bond acceptors (Lipinski definition) is 3. The van der Waals surface area contributed by atoms with Crippen LogP contribution in [0.4, 0.5) is 5.69 Å². The summed E-state index contributed by atoms with van der Waals surface area (Å²) in [5.41, 5.74) is 4.77. The van der Waals surface area contributed by atoms with Crippen LogP contribution in [0.2, 0.25) is 0 Å². The summed E-state index contributed by atoms with van der Waals surface area (Å²) in [4.78, 5) is 4.89. The van der Waals surface area contributed by atoms with E-state index in [0.29, 0.717) is 0 Å². The SMILES string of the molecule is Cc1nnc2cc(N=C(c3ccccc3)c3ccccc3)ccn12.